The highest BCUT2D eigenvalue weighted by Gasteiger charge is 2.31. The second-order valence-electron chi connectivity index (χ2n) is 7.83. The van der Waals surface area contributed by atoms with Gasteiger partial charge in [-0.15, -0.1) is 0 Å². The third-order valence-corrected chi connectivity index (χ3v) is 7.84. The van der Waals surface area contributed by atoms with Gasteiger partial charge in [-0.2, -0.15) is 9.40 Å². The van der Waals surface area contributed by atoms with E-state index in [9.17, 15) is 13.2 Å². The quantitative estimate of drug-likeness (QED) is 0.745. The summed E-state index contributed by atoms with van der Waals surface area (Å²) in [4.78, 5) is 14.8. The predicted octanol–water partition coefficient (Wildman–Crippen LogP) is 2.12. The Balaban J connectivity index is 1.61. The Hall–Kier alpha value is -2.19. The average Bonchev–Trinajstić information content (AvgIpc) is 2.93. The topological polar surface area (TPSA) is 75.5 Å². The highest BCUT2D eigenvalue weighted by atomic mass is 32.2. The zero-order valence-corrected chi connectivity index (χ0v) is 18.7. The molecule has 0 unspecified atom stereocenters. The number of hydrogen-bond acceptors (Lipinski definition) is 4. The summed E-state index contributed by atoms with van der Waals surface area (Å²) in [6.07, 6.45) is 1.07. The fourth-order valence-corrected chi connectivity index (χ4v) is 5.60. The lowest BCUT2D eigenvalue weighted by Crippen LogP contribution is -2.50. The van der Waals surface area contributed by atoms with E-state index < -0.39 is 10.0 Å². The van der Waals surface area contributed by atoms with E-state index in [4.69, 9.17) is 0 Å². The van der Waals surface area contributed by atoms with Crippen LogP contribution < -0.4 is 0 Å². The summed E-state index contributed by atoms with van der Waals surface area (Å²) in [5.74, 6) is 0.0661. The van der Waals surface area contributed by atoms with Crippen LogP contribution in [0.15, 0.2) is 23.1 Å². The van der Waals surface area contributed by atoms with Crippen LogP contribution >= 0.6 is 0 Å². The maximum atomic E-state index is 13.0. The lowest BCUT2D eigenvalue weighted by atomic mass is 10.1. The molecule has 2 heterocycles. The smallest absolute Gasteiger partial charge is 0.243 e. The van der Waals surface area contributed by atoms with Crippen molar-refractivity contribution >= 4 is 15.9 Å². The van der Waals surface area contributed by atoms with Gasteiger partial charge in [0, 0.05) is 45.3 Å². The van der Waals surface area contributed by atoms with Crippen LogP contribution in [0.3, 0.4) is 0 Å². The molecular formula is C21H30N4O3S. The van der Waals surface area contributed by atoms with Crippen molar-refractivity contribution in [3.63, 3.8) is 0 Å². The first-order valence-electron chi connectivity index (χ1n) is 9.95. The SMILES string of the molecule is Cc1ccc(C)c(S(=O)(=O)N2CCN(C(=O)CCc3c(C)nn(C)c3C)CC2)c1. The monoisotopic (exact) mass is 418 g/mol. The molecule has 29 heavy (non-hydrogen) atoms. The summed E-state index contributed by atoms with van der Waals surface area (Å²) in [5, 5.41) is 4.40. The number of rotatable bonds is 5. The Morgan fingerprint density at radius 1 is 1.07 bits per heavy atom. The van der Waals surface area contributed by atoms with Gasteiger partial charge in [0.2, 0.25) is 15.9 Å². The predicted molar refractivity (Wildman–Crippen MR) is 112 cm³/mol. The first-order chi connectivity index (χ1) is 13.6. The molecule has 0 bridgehead atoms. The molecule has 1 aliphatic rings. The number of sulfonamides is 1. The highest BCUT2D eigenvalue weighted by Crippen LogP contribution is 2.23. The molecule has 1 aromatic carbocycles. The number of amides is 1. The van der Waals surface area contributed by atoms with Crippen molar-refractivity contribution in [2.75, 3.05) is 26.2 Å². The first kappa shape index (κ1) is 21.5. The molecule has 1 amide bonds. The number of carbonyl (C=O) groups is 1. The van der Waals surface area contributed by atoms with Crippen molar-refractivity contribution in [2.45, 2.75) is 45.4 Å². The van der Waals surface area contributed by atoms with E-state index in [2.05, 4.69) is 5.10 Å². The van der Waals surface area contributed by atoms with E-state index >= 15 is 0 Å². The van der Waals surface area contributed by atoms with Gasteiger partial charge in [-0.3, -0.25) is 9.48 Å². The summed E-state index contributed by atoms with van der Waals surface area (Å²) < 4.78 is 29.4. The van der Waals surface area contributed by atoms with Crippen molar-refractivity contribution < 1.29 is 13.2 Å². The van der Waals surface area contributed by atoms with Crippen molar-refractivity contribution in [3.05, 3.63) is 46.3 Å². The van der Waals surface area contributed by atoms with Crippen LogP contribution in [0.25, 0.3) is 0 Å². The molecule has 0 radical (unpaired) electrons. The Morgan fingerprint density at radius 2 is 1.72 bits per heavy atom. The van der Waals surface area contributed by atoms with Gasteiger partial charge in [-0.25, -0.2) is 8.42 Å². The van der Waals surface area contributed by atoms with Crippen LogP contribution in [0.5, 0.6) is 0 Å². The van der Waals surface area contributed by atoms with Gasteiger partial charge in [0.15, 0.2) is 0 Å². The minimum absolute atomic E-state index is 0.0661. The van der Waals surface area contributed by atoms with Gasteiger partial charge in [0.25, 0.3) is 0 Å². The zero-order chi connectivity index (χ0) is 21.3. The fraction of sp³-hybridized carbons (Fsp3) is 0.524. The summed E-state index contributed by atoms with van der Waals surface area (Å²) in [6.45, 7) is 9.18. The van der Waals surface area contributed by atoms with Crippen molar-refractivity contribution in [3.8, 4) is 0 Å². The van der Waals surface area contributed by atoms with E-state index in [1.807, 2.05) is 51.6 Å². The summed E-state index contributed by atoms with van der Waals surface area (Å²) in [7, 11) is -1.64. The third-order valence-electron chi connectivity index (χ3n) is 5.80. The van der Waals surface area contributed by atoms with E-state index in [-0.39, 0.29) is 5.91 Å². The highest BCUT2D eigenvalue weighted by molar-refractivity contribution is 7.89. The molecule has 0 aliphatic carbocycles. The molecule has 8 heteroatoms. The number of carbonyl (C=O) groups excluding carboxylic acids is 1. The van der Waals surface area contributed by atoms with Crippen LogP contribution in [0.1, 0.15) is 34.5 Å². The molecule has 1 saturated heterocycles. The number of nitrogens with zero attached hydrogens (tertiary/aromatic N) is 4. The van der Waals surface area contributed by atoms with Crippen LogP contribution in [0, 0.1) is 27.7 Å². The minimum atomic E-state index is -3.54. The minimum Gasteiger partial charge on any atom is -0.340 e. The summed E-state index contributed by atoms with van der Waals surface area (Å²) in [6, 6.07) is 5.47. The third kappa shape index (κ3) is 4.38. The molecule has 1 fully saturated rings. The van der Waals surface area contributed by atoms with Gasteiger partial charge >= 0.3 is 0 Å². The van der Waals surface area contributed by atoms with Crippen LogP contribution in [-0.4, -0.2) is 59.5 Å². The molecular weight excluding hydrogens is 388 g/mol. The van der Waals surface area contributed by atoms with Gasteiger partial charge < -0.3 is 4.90 Å². The molecule has 0 atom stereocenters. The number of aryl methyl sites for hydroxylation is 4. The Morgan fingerprint density at radius 3 is 2.31 bits per heavy atom. The Labute approximate surface area is 173 Å². The number of aromatic nitrogens is 2. The van der Waals surface area contributed by atoms with E-state index in [0.29, 0.717) is 43.9 Å². The molecule has 2 aromatic rings. The molecule has 0 spiro atoms. The maximum Gasteiger partial charge on any atom is 0.243 e. The van der Waals surface area contributed by atoms with Crippen LogP contribution in [-0.2, 0) is 28.3 Å². The van der Waals surface area contributed by atoms with Gasteiger partial charge in [0.05, 0.1) is 10.6 Å². The molecule has 1 aromatic heterocycles. The van der Waals surface area contributed by atoms with Gasteiger partial charge in [-0.05, 0) is 56.9 Å². The normalized spacial score (nSPS) is 15.7. The van der Waals surface area contributed by atoms with E-state index in [1.54, 1.807) is 11.0 Å². The van der Waals surface area contributed by atoms with Gasteiger partial charge in [0.1, 0.15) is 0 Å². The van der Waals surface area contributed by atoms with Crippen molar-refractivity contribution in [1.82, 2.24) is 19.0 Å². The lowest BCUT2D eigenvalue weighted by molar-refractivity contribution is -0.132. The van der Waals surface area contributed by atoms with Crippen molar-refractivity contribution in [2.24, 2.45) is 7.05 Å². The molecule has 7 nitrogen and oxygen atoms in total. The molecule has 0 N–H and O–H groups in total. The van der Waals surface area contributed by atoms with Gasteiger partial charge in [-0.1, -0.05) is 12.1 Å². The number of hydrogen-bond donors (Lipinski definition) is 0. The second-order valence-corrected chi connectivity index (χ2v) is 9.73. The Bertz CT molecular complexity index is 1020. The second kappa shape index (κ2) is 8.28. The molecule has 158 valence electrons. The number of piperazine rings is 1. The maximum absolute atomic E-state index is 13.0. The summed E-state index contributed by atoms with van der Waals surface area (Å²) >= 11 is 0. The fourth-order valence-electron chi connectivity index (χ4n) is 3.87. The van der Waals surface area contributed by atoms with Crippen LogP contribution in [0.4, 0.5) is 0 Å². The molecule has 1 aliphatic heterocycles. The van der Waals surface area contributed by atoms with E-state index in [0.717, 1.165) is 28.1 Å². The van der Waals surface area contributed by atoms with E-state index in [1.165, 1.54) is 4.31 Å². The average molecular weight is 419 g/mol. The standard InChI is InChI=1S/C21H30N4O3S/c1-15-6-7-16(2)20(14-15)29(27,28)25-12-10-24(11-13-25)21(26)9-8-19-17(3)22-23(5)18(19)4/h6-7,14H,8-13H2,1-5H3. The molecule has 0 saturated carbocycles. The first-order valence-corrected chi connectivity index (χ1v) is 11.4. The molecule has 3 rings (SSSR count). The van der Waals surface area contributed by atoms with Crippen molar-refractivity contribution in [1.29, 1.82) is 0 Å². The Kier molecular flexibility index (Phi) is 6.14. The van der Waals surface area contributed by atoms with Crippen LogP contribution in [0.2, 0.25) is 0 Å². The zero-order valence-electron chi connectivity index (χ0n) is 17.9. The lowest BCUT2D eigenvalue weighted by Gasteiger charge is -2.34. The summed E-state index contributed by atoms with van der Waals surface area (Å²) in [5.41, 5.74) is 4.83. The number of benzene rings is 1. The largest absolute Gasteiger partial charge is 0.340 e.